The van der Waals surface area contributed by atoms with Crippen molar-refractivity contribution in [1.29, 1.82) is 0 Å². The first-order valence-electron chi connectivity index (χ1n) is 6.74. The van der Waals surface area contributed by atoms with Crippen LogP contribution in [0.3, 0.4) is 0 Å². The normalized spacial score (nSPS) is 14.9. The average molecular weight is 270 g/mol. The Hall–Kier alpha value is -2.21. The van der Waals surface area contributed by atoms with Gasteiger partial charge in [0.2, 0.25) is 5.95 Å². The summed E-state index contributed by atoms with van der Waals surface area (Å²) in [5.74, 6) is 1.61. The zero-order chi connectivity index (χ0) is 13.8. The van der Waals surface area contributed by atoms with Gasteiger partial charge in [0.1, 0.15) is 5.82 Å². The van der Waals surface area contributed by atoms with Gasteiger partial charge in [-0.25, -0.2) is 4.98 Å². The fraction of sp³-hybridized carbons (Fsp3) is 0.357. The van der Waals surface area contributed by atoms with Crippen molar-refractivity contribution in [1.82, 2.24) is 20.3 Å². The molecule has 0 saturated carbocycles. The predicted octanol–water partition coefficient (Wildman–Crippen LogP) is 0.892. The maximum Gasteiger partial charge on any atom is 0.224 e. The lowest BCUT2D eigenvalue weighted by atomic mass is 10.1. The molecule has 1 aliphatic heterocycles. The number of pyridine rings is 1. The van der Waals surface area contributed by atoms with E-state index in [4.69, 9.17) is 0 Å². The summed E-state index contributed by atoms with van der Waals surface area (Å²) >= 11 is 0. The molecule has 1 aliphatic rings. The van der Waals surface area contributed by atoms with Crippen LogP contribution in [0.5, 0.6) is 0 Å². The zero-order valence-corrected chi connectivity index (χ0v) is 11.5. The van der Waals surface area contributed by atoms with Gasteiger partial charge in [-0.3, -0.25) is 4.98 Å². The molecule has 0 aliphatic carbocycles. The molecule has 1 fully saturated rings. The SMILES string of the molecule is CNC1CN(c2ccnc(NCc3ccccn3)n2)C1. The maximum absolute atomic E-state index is 4.53. The lowest BCUT2D eigenvalue weighted by Crippen LogP contribution is -2.57. The van der Waals surface area contributed by atoms with Gasteiger partial charge >= 0.3 is 0 Å². The zero-order valence-electron chi connectivity index (χ0n) is 11.5. The molecule has 0 amide bonds. The molecule has 20 heavy (non-hydrogen) atoms. The molecule has 2 aromatic heterocycles. The van der Waals surface area contributed by atoms with Crippen LogP contribution in [0.4, 0.5) is 11.8 Å². The van der Waals surface area contributed by atoms with E-state index in [1.807, 2.05) is 31.3 Å². The molecule has 0 aromatic carbocycles. The lowest BCUT2D eigenvalue weighted by molar-refractivity contribution is 0.447. The molecular formula is C14H18N6. The van der Waals surface area contributed by atoms with E-state index in [0.29, 0.717) is 18.5 Å². The van der Waals surface area contributed by atoms with Crippen LogP contribution >= 0.6 is 0 Å². The van der Waals surface area contributed by atoms with Gasteiger partial charge in [-0.05, 0) is 25.2 Å². The van der Waals surface area contributed by atoms with Crippen molar-refractivity contribution >= 4 is 11.8 Å². The number of aromatic nitrogens is 3. The Kier molecular flexibility index (Phi) is 3.73. The summed E-state index contributed by atoms with van der Waals surface area (Å²) in [6.07, 6.45) is 3.57. The van der Waals surface area contributed by atoms with E-state index in [1.54, 1.807) is 12.4 Å². The summed E-state index contributed by atoms with van der Waals surface area (Å²) in [6, 6.07) is 8.36. The van der Waals surface area contributed by atoms with Gasteiger partial charge in [0, 0.05) is 31.5 Å². The first-order valence-corrected chi connectivity index (χ1v) is 6.74. The number of nitrogens with one attached hydrogen (secondary N) is 2. The number of hydrogen-bond donors (Lipinski definition) is 2. The Labute approximate surface area is 118 Å². The van der Waals surface area contributed by atoms with Gasteiger partial charge in [0.05, 0.1) is 12.2 Å². The van der Waals surface area contributed by atoms with E-state index in [9.17, 15) is 0 Å². The fourth-order valence-electron chi connectivity index (χ4n) is 2.13. The third-order valence-electron chi connectivity index (χ3n) is 3.41. The van der Waals surface area contributed by atoms with Crippen LogP contribution in [-0.4, -0.2) is 41.1 Å². The fourth-order valence-corrected chi connectivity index (χ4v) is 2.13. The van der Waals surface area contributed by atoms with Gasteiger partial charge in [-0.15, -0.1) is 0 Å². The molecule has 2 N–H and O–H groups in total. The summed E-state index contributed by atoms with van der Waals surface area (Å²) in [4.78, 5) is 15.3. The third-order valence-corrected chi connectivity index (χ3v) is 3.41. The molecule has 0 atom stereocenters. The van der Waals surface area contributed by atoms with Crippen molar-refractivity contribution < 1.29 is 0 Å². The average Bonchev–Trinajstić information content (AvgIpc) is 2.46. The second-order valence-electron chi connectivity index (χ2n) is 4.80. The molecule has 6 heteroatoms. The number of rotatable bonds is 5. The van der Waals surface area contributed by atoms with Gasteiger partial charge < -0.3 is 15.5 Å². The molecule has 104 valence electrons. The highest BCUT2D eigenvalue weighted by Crippen LogP contribution is 2.18. The van der Waals surface area contributed by atoms with Crippen molar-refractivity contribution in [2.45, 2.75) is 12.6 Å². The Morgan fingerprint density at radius 2 is 2.10 bits per heavy atom. The van der Waals surface area contributed by atoms with E-state index >= 15 is 0 Å². The van der Waals surface area contributed by atoms with Crippen molar-refractivity contribution in [3.8, 4) is 0 Å². The number of anilines is 2. The number of nitrogens with zero attached hydrogens (tertiary/aromatic N) is 4. The molecule has 0 spiro atoms. The highest BCUT2D eigenvalue weighted by Gasteiger charge is 2.26. The standard InChI is InChI=1S/C14H18N6/c1-15-12-9-20(10-12)13-5-7-17-14(19-13)18-8-11-4-2-3-6-16-11/h2-7,12,15H,8-10H2,1H3,(H,17,18,19). The summed E-state index contributed by atoms with van der Waals surface area (Å²) in [7, 11) is 1.99. The van der Waals surface area contributed by atoms with Crippen LogP contribution in [0.2, 0.25) is 0 Å². The molecule has 0 bridgehead atoms. The third kappa shape index (κ3) is 2.85. The van der Waals surface area contributed by atoms with E-state index in [0.717, 1.165) is 24.6 Å². The van der Waals surface area contributed by atoms with Gasteiger partial charge in [-0.1, -0.05) is 6.07 Å². The van der Waals surface area contributed by atoms with E-state index in [-0.39, 0.29) is 0 Å². The summed E-state index contributed by atoms with van der Waals surface area (Å²) in [5.41, 5.74) is 0.973. The topological polar surface area (TPSA) is 66.0 Å². The second kappa shape index (κ2) is 5.83. The highest BCUT2D eigenvalue weighted by molar-refractivity contribution is 5.45. The first-order chi connectivity index (χ1) is 9.85. The van der Waals surface area contributed by atoms with Crippen LogP contribution in [0.1, 0.15) is 5.69 Å². The molecule has 2 aromatic rings. The quantitative estimate of drug-likeness (QED) is 0.841. The number of likely N-dealkylation sites (N-methyl/N-ethyl adjacent to an activating group) is 1. The monoisotopic (exact) mass is 270 g/mol. The Morgan fingerprint density at radius 3 is 2.85 bits per heavy atom. The molecule has 6 nitrogen and oxygen atoms in total. The largest absolute Gasteiger partial charge is 0.353 e. The molecule has 3 rings (SSSR count). The first kappa shape index (κ1) is 12.8. The molecule has 0 radical (unpaired) electrons. The maximum atomic E-state index is 4.53. The van der Waals surface area contributed by atoms with Crippen molar-refractivity contribution in [2.75, 3.05) is 30.4 Å². The van der Waals surface area contributed by atoms with Crippen LogP contribution in [0, 0.1) is 0 Å². The Morgan fingerprint density at radius 1 is 1.20 bits per heavy atom. The summed E-state index contributed by atoms with van der Waals surface area (Å²) in [6.45, 7) is 2.61. The highest BCUT2D eigenvalue weighted by atomic mass is 15.3. The number of hydrogen-bond acceptors (Lipinski definition) is 6. The summed E-state index contributed by atoms with van der Waals surface area (Å²) < 4.78 is 0. The van der Waals surface area contributed by atoms with Crippen molar-refractivity contribution in [2.24, 2.45) is 0 Å². The molecular weight excluding hydrogens is 252 g/mol. The van der Waals surface area contributed by atoms with Gasteiger partial charge in [0.25, 0.3) is 0 Å². The van der Waals surface area contributed by atoms with Crippen molar-refractivity contribution in [3.63, 3.8) is 0 Å². The van der Waals surface area contributed by atoms with Crippen LogP contribution in [0.15, 0.2) is 36.7 Å². The molecule has 3 heterocycles. The summed E-state index contributed by atoms with van der Waals surface area (Å²) in [5, 5.41) is 6.46. The van der Waals surface area contributed by atoms with E-state index in [1.165, 1.54) is 0 Å². The predicted molar refractivity (Wildman–Crippen MR) is 78.7 cm³/mol. The molecule has 1 saturated heterocycles. The minimum absolute atomic E-state index is 0.565. The smallest absolute Gasteiger partial charge is 0.224 e. The van der Waals surface area contributed by atoms with Gasteiger partial charge in [-0.2, -0.15) is 4.98 Å². The molecule has 0 unspecified atom stereocenters. The second-order valence-corrected chi connectivity index (χ2v) is 4.80. The Balaban J connectivity index is 1.60. The van der Waals surface area contributed by atoms with Crippen LogP contribution in [-0.2, 0) is 6.54 Å². The minimum Gasteiger partial charge on any atom is -0.353 e. The van der Waals surface area contributed by atoms with Crippen molar-refractivity contribution in [3.05, 3.63) is 42.4 Å². The van der Waals surface area contributed by atoms with E-state index < -0.39 is 0 Å². The lowest BCUT2D eigenvalue weighted by Gasteiger charge is -2.39. The minimum atomic E-state index is 0.565. The van der Waals surface area contributed by atoms with E-state index in [2.05, 4.69) is 30.5 Å². The Bertz CT molecular complexity index is 553. The van der Waals surface area contributed by atoms with Crippen LogP contribution < -0.4 is 15.5 Å². The van der Waals surface area contributed by atoms with Crippen LogP contribution in [0.25, 0.3) is 0 Å². The van der Waals surface area contributed by atoms with Gasteiger partial charge in [0.15, 0.2) is 0 Å².